The molecule has 14 heteroatoms. The average Bonchev–Trinajstić information content (AvgIpc) is 1.41. The minimum atomic E-state index is 0.0531. The number of amides is 4. The van der Waals surface area contributed by atoms with Crippen LogP contribution in [0.4, 0.5) is 0 Å². The zero-order chi connectivity index (χ0) is 82.8. The third kappa shape index (κ3) is 31.7. The molecule has 5 fully saturated rings. The monoisotopic (exact) mass is 1530 g/mol. The molecule has 1 atom stereocenters. The molecule has 3 aliphatic heterocycles. The van der Waals surface area contributed by atoms with Gasteiger partial charge >= 0.3 is 0 Å². The minimum Gasteiger partial charge on any atom is -0.352 e. The van der Waals surface area contributed by atoms with Gasteiger partial charge in [-0.25, -0.2) is 0 Å². The van der Waals surface area contributed by atoms with Crippen LogP contribution in [-0.2, 0) is 32.5 Å². The predicted molar refractivity (Wildman–Crippen MR) is 465 cm³/mol. The van der Waals surface area contributed by atoms with Crippen LogP contribution in [0.15, 0.2) is 146 Å². The molecule has 14 nitrogen and oxygen atoms in total. The van der Waals surface area contributed by atoms with Crippen molar-refractivity contribution in [3.05, 3.63) is 212 Å². The van der Waals surface area contributed by atoms with E-state index in [0.717, 1.165) is 150 Å². The molecule has 6 aromatic rings. The van der Waals surface area contributed by atoms with Crippen molar-refractivity contribution in [2.75, 3.05) is 85.1 Å². The normalized spacial score (nSPS) is 16.4. The molecule has 3 saturated heterocycles. The molecule has 0 bridgehead atoms. The summed E-state index contributed by atoms with van der Waals surface area (Å²) >= 11 is 0. The number of benzene rings is 6. The third-order valence-corrected chi connectivity index (χ3v) is 22.0. The van der Waals surface area contributed by atoms with E-state index in [4.69, 9.17) is 5.26 Å². The molecule has 2 aliphatic carbocycles. The number of likely N-dealkylation sites (N-methyl/N-ethyl adjacent to an activating group) is 1. The van der Waals surface area contributed by atoms with E-state index in [1.165, 1.54) is 72.0 Å². The van der Waals surface area contributed by atoms with Gasteiger partial charge in [0, 0.05) is 130 Å². The number of ketones is 2. The van der Waals surface area contributed by atoms with Crippen LogP contribution in [0, 0.1) is 17.2 Å². The Hall–Kier alpha value is -8.09. The van der Waals surface area contributed by atoms with Crippen LogP contribution in [0.3, 0.4) is 0 Å². The average molecular weight is 1530 g/mol. The summed E-state index contributed by atoms with van der Waals surface area (Å²) in [4.78, 5) is 83.4. The number of Topliss-reactive ketones (excluding diaryl/α,β-unsaturated/α-hetero) is 2. The number of nitrogens with one attached hydrogen (secondary N) is 2. The second-order valence-electron chi connectivity index (χ2n) is 37.7. The van der Waals surface area contributed by atoms with Crippen molar-refractivity contribution in [2.45, 2.75) is 267 Å². The number of carbonyl (C=O) groups excluding carboxylic acids is 6. The van der Waals surface area contributed by atoms with Crippen LogP contribution in [0.5, 0.6) is 0 Å². The highest BCUT2D eigenvalue weighted by atomic mass is 16.2. The molecular weight excluding hydrogens is 1390 g/mol. The highest BCUT2D eigenvalue weighted by molar-refractivity contribution is 5.97. The maximum absolute atomic E-state index is 12.5. The summed E-state index contributed by atoms with van der Waals surface area (Å²) in [5.74, 6) is 1.62. The van der Waals surface area contributed by atoms with Gasteiger partial charge in [0.05, 0.1) is 6.07 Å². The quantitative estimate of drug-likeness (QED) is 0.0625. The Morgan fingerprint density at radius 1 is 0.393 bits per heavy atom. The van der Waals surface area contributed by atoms with Crippen molar-refractivity contribution in [3.8, 4) is 6.07 Å². The summed E-state index contributed by atoms with van der Waals surface area (Å²) in [6.45, 7) is 57.6. The molecule has 11 rings (SSSR count). The minimum absolute atomic E-state index is 0.0531. The second-order valence-corrected chi connectivity index (χ2v) is 37.7. The summed E-state index contributed by atoms with van der Waals surface area (Å²) in [5, 5.41) is 14.6. The Balaban J connectivity index is 0.000000211. The Morgan fingerprint density at radius 3 is 1.07 bits per heavy atom. The fourth-order valence-corrected chi connectivity index (χ4v) is 13.4. The molecule has 0 spiro atoms. The van der Waals surface area contributed by atoms with E-state index in [1.807, 2.05) is 126 Å². The zero-order valence-corrected chi connectivity index (χ0v) is 72.9. The number of likely N-dealkylation sites (tertiary alicyclic amines) is 1. The standard InChI is InChI=1S/C21H33NO.C18H25N3O.C17H26N2O.C15H21NO.C14H19NO.C13H18O/c1-17-9-5-7-15-22(17)16-8-6-10-20(23)18-11-13-19(14-12-18)21(2,3)4;1-18(2,3)16-7-5-15(6-8-16)17(22)21-13-11-20(12-14-21)10-4-9-19;1-5-18-10-12-19(13-11-18)16(20)14-6-8-15(9-7-14)17(2,3)4;1-15(2,3)13-8-6-12(7-9-13)14(17)16-10-11-4-5-11;1-14(2,3)11-6-4-10(5-7-11)13(16)15-12-8-9-12;1-5-12(14)10-6-8-11(9-7-10)13(2,3)4/h11-14,17H,5-10,15-16H2,1-4H3;5-8H,4,10-14H2,1-3H3;6-9H,5,10-13H2,1-4H3;6-9,11H,4-5,10H2,1-3H3,(H,16,17);4-7,12H,8-9H2,1-3H3,(H,15,16);6-9H,5H2,1-4H3. The van der Waals surface area contributed by atoms with Gasteiger partial charge in [-0.1, -0.05) is 242 Å². The molecule has 6 aromatic carbocycles. The van der Waals surface area contributed by atoms with Crippen LogP contribution < -0.4 is 10.6 Å². The highest BCUT2D eigenvalue weighted by Crippen LogP contribution is 2.31. The van der Waals surface area contributed by atoms with E-state index in [2.05, 4.69) is 206 Å². The van der Waals surface area contributed by atoms with Crippen LogP contribution in [-0.4, -0.2) is 157 Å². The van der Waals surface area contributed by atoms with Gasteiger partial charge in [-0.2, -0.15) is 5.26 Å². The zero-order valence-electron chi connectivity index (χ0n) is 72.9. The fraction of sp³-hybridized carbons (Fsp3) is 0.561. The van der Waals surface area contributed by atoms with Gasteiger partial charge in [-0.3, -0.25) is 33.7 Å². The second kappa shape index (κ2) is 42.9. The lowest BCUT2D eigenvalue weighted by Gasteiger charge is -2.34. The topological polar surface area (TPSA) is 166 Å². The van der Waals surface area contributed by atoms with Crippen LogP contribution in [0.25, 0.3) is 0 Å². The Morgan fingerprint density at radius 2 is 0.741 bits per heavy atom. The first-order chi connectivity index (χ1) is 52.6. The number of piperidine rings is 1. The summed E-state index contributed by atoms with van der Waals surface area (Å²) in [6.07, 6.45) is 12.8. The Bertz CT molecular complexity index is 3920. The van der Waals surface area contributed by atoms with Gasteiger partial charge in [0.15, 0.2) is 11.6 Å². The molecular formula is C98H142N8O6. The summed E-state index contributed by atoms with van der Waals surface area (Å²) in [6, 6.07) is 51.4. The van der Waals surface area contributed by atoms with Crippen molar-refractivity contribution in [2.24, 2.45) is 5.92 Å². The molecule has 3 heterocycles. The lowest BCUT2D eigenvalue weighted by molar-refractivity contribution is 0.0635. The van der Waals surface area contributed by atoms with Gasteiger partial charge in [0.25, 0.3) is 23.6 Å². The van der Waals surface area contributed by atoms with E-state index < -0.39 is 0 Å². The van der Waals surface area contributed by atoms with Crippen molar-refractivity contribution in [1.29, 1.82) is 5.26 Å². The maximum Gasteiger partial charge on any atom is 0.253 e. The van der Waals surface area contributed by atoms with E-state index in [0.29, 0.717) is 25.3 Å². The van der Waals surface area contributed by atoms with Crippen molar-refractivity contribution in [1.82, 2.24) is 35.1 Å². The number of nitrogens with zero attached hydrogens (tertiary/aromatic N) is 6. The van der Waals surface area contributed by atoms with Gasteiger partial charge in [-0.05, 0) is 198 Å². The lowest BCUT2D eigenvalue weighted by Crippen LogP contribution is -2.48. The number of hydrogen-bond acceptors (Lipinski definition) is 10. The molecule has 2 N–H and O–H groups in total. The molecule has 4 amide bonds. The highest BCUT2D eigenvalue weighted by Gasteiger charge is 2.28. The molecule has 5 aliphatic rings. The summed E-state index contributed by atoms with van der Waals surface area (Å²) < 4.78 is 0. The number of piperazine rings is 2. The number of rotatable bonds is 18. The van der Waals surface area contributed by atoms with Crippen molar-refractivity contribution in [3.63, 3.8) is 0 Å². The molecule has 0 aromatic heterocycles. The van der Waals surface area contributed by atoms with Gasteiger partial charge in [-0.15, -0.1) is 0 Å². The first kappa shape index (κ1) is 92.8. The van der Waals surface area contributed by atoms with Crippen LogP contribution in [0.2, 0.25) is 0 Å². The predicted octanol–water partition coefficient (Wildman–Crippen LogP) is 20.2. The molecule has 610 valence electrons. The van der Waals surface area contributed by atoms with Crippen molar-refractivity contribution >= 4 is 35.2 Å². The van der Waals surface area contributed by atoms with Crippen LogP contribution >= 0.6 is 0 Å². The Kier molecular flexibility index (Phi) is 35.5. The molecule has 0 radical (unpaired) electrons. The lowest BCUT2D eigenvalue weighted by atomic mass is 9.86. The Labute approximate surface area is 677 Å². The first-order valence-corrected chi connectivity index (χ1v) is 42.0. The van der Waals surface area contributed by atoms with Crippen molar-refractivity contribution < 1.29 is 28.8 Å². The molecule has 1 unspecified atom stereocenters. The third-order valence-electron chi connectivity index (χ3n) is 22.0. The van der Waals surface area contributed by atoms with Crippen LogP contribution in [0.1, 0.15) is 318 Å². The summed E-state index contributed by atoms with van der Waals surface area (Å²) in [7, 11) is 0. The number of nitriles is 1. The molecule has 2 saturated carbocycles. The molecule has 112 heavy (non-hydrogen) atoms. The van der Waals surface area contributed by atoms with Gasteiger partial charge in [0.2, 0.25) is 0 Å². The van der Waals surface area contributed by atoms with E-state index in [1.54, 1.807) is 0 Å². The SMILES string of the molecule is CC(C)(C)c1ccc(C(=O)N2CCN(CCC#N)CC2)cc1.CC(C)(C)c1ccc(C(=O)NC2CC2)cc1.CC(C)(C)c1ccc(C(=O)NCC2CC2)cc1.CC1CCCCN1CCCCC(=O)c1ccc(C(C)(C)C)cc1.CCC(=O)c1ccc(C(C)(C)C)cc1.CCN1CCN(C(=O)c2ccc(C(C)(C)C)cc2)CC1. The van der Waals surface area contributed by atoms with E-state index in [9.17, 15) is 28.8 Å². The van der Waals surface area contributed by atoms with E-state index in [-0.39, 0.29) is 67.7 Å². The number of hydrogen-bond donors (Lipinski definition) is 2. The number of unbranched alkanes of at least 4 members (excludes halogenated alkanes) is 1. The van der Waals surface area contributed by atoms with Gasteiger partial charge in [0.1, 0.15) is 0 Å². The fourth-order valence-electron chi connectivity index (χ4n) is 13.4. The van der Waals surface area contributed by atoms with E-state index >= 15 is 0 Å². The smallest absolute Gasteiger partial charge is 0.253 e. The summed E-state index contributed by atoms with van der Waals surface area (Å²) in [5.41, 5.74) is 13.2. The van der Waals surface area contributed by atoms with Gasteiger partial charge < -0.3 is 30.2 Å². The number of carbonyl (C=O) groups is 6. The maximum atomic E-state index is 12.5. The largest absolute Gasteiger partial charge is 0.352 e. The first-order valence-electron chi connectivity index (χ1n) is 42.0.